The quantitative estimate of drug-likeness (QED) is 0.894. The number of benzene rings is 1. The van der Waals surface area contributed by atoms with E-state index in [0.717, 1.165) is 16.7 Å². The zero-order valence-electron chi connectivity index (χ0n) is 14.1. The number of aromatic amines is 1. The number of pyridine rings is 1. The van der Waals surface area contributed by atoms with Crippen molar-refractivity contribution in [3.8, 4) is 5.75 Å². The van der Waals surface area contributed by atoms with E-state index in [9.17, 15) is 9.59 Å². The highest BCUT2D eigenvalue weighted by Gasteiger charge is 2.21. The second-order valence-electron chi connectivity index (χ2n) is 6.18. The second kappa shape index (κ2) is 7.05. The van der Waals surface area contributed by atoms with Crippen molar-refractivity contribution >= 4 is 16.8 Å². The van der Waals surface area contributed by atoms with E-state index in [0.29, 0.717) is 38.2 Å². The summed E-state index contributed by atoms with van der Waals surface area (Å²) in [5.41, 5.74) is 1.42. The van der Waals surface area contributed by atoms with Gasteiger partial charge in [0.2, 0.25) is 5.91 Å². The molecule has 1 aliphatic rings. The first-order chi connectivity index (χ1) is 11.6. The van der Waals surface area contributed by atoms with Crippen LogP contribution in [0.5, 0.6) is 5.75 Å². The first kappa shape index (κ1) is 16.5. The molecule has 1 aromatic carbocycles. The lowest BCUT2D eigenvalue weighted by atomic mass is 10.1. The average Bonchev–Trinajstić information content (AvgIpc) is 2.71. The molecule has 1 unspecified atom stereocenters. The number of H-pyrrole nitrogens is 1. The Balaban J connectivity index is 1.89. The molecule has 1 aromatic heterocycles. The van der Waals surface area contributed by atoms with Crippen LogP contribution in [0.4, 0.5) is 0 Å². The van der Waals surface area contributed by atoms with Crippen LogP contribution in [0.25, 0.3) is 10.9 Å². The molecule has 0 saturated carbocycles. The molecule has 24 heavy (non-hydrogen) atoms. The predicted octanol–water partition coefficient (Wildman–Crippen LogP) is 1.64. The van der Waals surface area contributed by atoms with E-state index in [2.05, 4.69) is 22.1 Å². The Kier molecular flexibility index (Phi) is 4.85. The fourth-order valence-electron chi connectivity index (χ4n) is 3.00. The van der Waals surface area contributed by atoms with Crippen LogP contribution in [-0.4, -0.2) is 41.5 Å². The first-order valence-corrected chi connectivity index (χ1v) is 8.36. The number of carbonyl (C=O) groups is 1. The molecule has 128 valence electrons. The van der Waals surface area contributed by atoms with E-state index < -0.39 is 0 Å². The van der Waals surface area contributed by atoms with E-state index in [1.54, 1.807) is 0 Å². The van der Waals surface area contributed by atoms with Gasteiger partial charge in [-0.2, -0.15) is 0 Å². The third-order valence-corrected chi connectivity index (χ3v) is 4.42. The molecule has 1 fully saturated rings. The van der Waals surface area contributed by atoms with Gasteiger partial charge in [0.15, 0.2) is 0 Å². The van der Waals surface area contributed by atoms with E-state index in [1.807, 2.05) is 31.2 Å². The fourth-order valence-corrected chi connectivity index (χ4v) is 3.00. The van der Waals surface area contributed by atoms with Crippen LogP contribution in [0.1, 0.15) is 25.8 Å². The highest BCUT2D eigenvalue weighted by molar-refractivity contribution is 5.80. The molecule has 1 atom stereocenters. The van der Waals surface area contributed by atoms with Gasteiger partial charge in [-0.15, -0.1) is 0 Å². The first-order valence-electron chi connectivity index (χ1n) is 8.36. The number of aromatic nitrogens is 1. The monoisotopic (exact) mass is 329 g/mol. The van der Waals surface area contributed by atoms with Crippen LogP contribution >= 0.6 is 0 Å². The fraction of sp³-hybridized carbons (Fsp3) is 0.444. The minimum atomic E-state index is -0.0811. The molecular weight excluding hydrogens is 306 g/mol. The molecule has 2 aromatic rings. The maximum absolute atomic E-state index is 12.4. The molecule has 2 heterocycles. The van der Waals surface area contributed by atoms with Crippen molar-refractivity contribution in [3.63, 3.8) is 0 Å². The van der Waals surface area contributed by atoms with Crippen molar-refractivity contribution < 1.29 is 9.53 Å². The second-order valence-corrected chi connectivity index (χ2v) is 6.18. The molecule has 6 heteroatoms. The summed E-state index contributed by atoms with van der Waals surface area (Å²) in [6.07, 6.45) is 0.463. The number of rotatable bonds is 4. The zero-order chi connectivity index (χ0) is 17.1. The van der Waals surface area contributed by atoms with Crippen LogP contribution in [0.15, 0.2) is 29.1 Å². The van der Waals surface area contributed by atoms with Crippen molar-refractivity contribution in [2.24, 2.45) is 0 Å². The maximum atomic E-state index is 12.4. The van der Waals surface area contributed by atoms with E-state index in [1.165, 1.54) is 0 Å². The zero-order valence-corrected chi connectivity index (χ0v) is 14.1. The normalized spacial score (nSPS) is 19.1. The molecule has 0 radical (unpaired) electrons. The standard InChI is InChI=1S/C18H23N3O3/c1-3-24-15-4-5-16-13(9-15)8-14(18(23)20-16)11-21-7-6-17(22)19-10-12(21)2/h4-5,8-9,12H,3,6-7,10-11H2,1-2H3,(H,19,22)(H,20,23). The van der Waals surface area contributed by atoms with Gasteiger partial charge in [0.1, 0.15) is 5.75 Å². The lowest BCUT2D eigenvalue weighted by molar-refractivity contribution is -0.120. The number of nitrogens with zero attached hydrogens (tertiary/aromatic N) is 1. The van der Waals surface area contributed by atoms with E-state index >= 15 is 0 Å². The van der Waals surface area contributed by atoms with E-state index in [-0.39, 0.29) is 17.5 Å². The number of carbonyl (C=O) groups excluding carboxylic acids is 1. The average molecular weight is 329 g/mol. The highest BCUT2D eigenvalue weighted by Crippen LogP contribution is 2.20. The molecule has 0 spiro atoms. The van der Waals surface area contributed by atoms with Gasteiger partial charge in [-0.1, -0.05) is 0 Å². The topological polar surface area (TPSA) is 74.4 Å². The van der Waals surface area contributed by atoms with Gasteiger partial charge in [0.05, 0.1) is 6.61 Å². The summed E-state index contributed by atoms with van der Waals surface area (Å²) in [6.45, 7) is 6.41. The number of ether oxygens (including phenoxy) is 1. The van der Waals surface area contributed by atoms with Gasteiger partial charge in [0.25, 0.3) is 5.56 Å². The molecule has 3 rings (SSSR count). The van der Waals surface area contributed by atoms with E-state index in [4.69, 9.17) is 4.74 Å². The third-order valence-electron chi connectivity index (χ3n) is 4.42. The Labute approximate surface area is 140 Å². The lowest BCUT2D eigenvalue weighted by Gasteiger charge is -2.25. The van der Waals surface area contributed by atoms with Gasteiger partial charge in [0, 0.05) is 48.6 Å². The Hall–Kier alpha value is -2.34. The summed E-state index contributed by atoms with van der Waals surface area (Å²) in [5.74, 6) is 0.860. The largest absolute Gasteiger partial charge is 0.494 e. The Morgan fingerprint density at radius 2 is 2.12 bits per heavy atom. The number of hydrogen-bond donors (Lipinski definition) is 2. The molecule has 0 bridgehead atoms. The molecule has 1 saturated heterocycles. The third kappa shape index (κ3) is 3.59. The Bertz CT molecular complexity index is 800. The summed E-state index contributed by atoms with van der Waals surface area (Å²) in [4.78, 5) is 29.0. The number of amides is 1. The summed E-state index contributed by atoms with van der Waals surface area (Å²) >= 11 is 0. The maximum Gasteiger partial charge on any atom is 0.252 e. The number of fused-ring (bicyclic) bond motifs is 1. The molecule has 0 aliphatic carbocycles. The van der Waals surface area contributed by atoms with Crippen molar-refractivity contribution in [1.82, 2.24) is 15.2 Å². The minimum Gasteiger partial charge on any atom is -0.494 e. The molecule has 1 aliphatic heterocycles. The van der Waals surface area contributed by atoms with Crippen LogP contribution in [0.3, 0.4) is 0 Å². The van der Waals surface area contributed by atoms with Gasteiger partial charge < -0.3 is 15.0 Å². The highest BCUT2D eigenvalue weighted by atomic mass is 16.5. The van der Waals surface area contributed by atoms with Crippen LogP contribution < -0.4 is 15.6 Å². The Morgan fingerprint density at radius 1 is 1.29 bits per heavy atom. The SMILES string of the molecule is CCOc1ccc2[nH]c(=O)c(CN3CCC(=O)NCC3C)cc2c1. The molecule has 2 N–H and O–H groups in total. The summed E-state index contributed by atoms with van der Waals surface area (Å²) < 4.78 is 5.53. The Morgan fingerprint density at radius 3 is 2.92 bits per heavy atom. The van der Waals surface area contributed by atoms with Gasteiger partial charge >= 0.3 is 0 Å². The van der Waals surface area contributed by atoms with Crippen molar-refractivity contribution in [3.05, 3.63) is 40.2 Å². The molecule has 1 amide bonds. The van der Waals surface area contributed by atoms with Crippen molar-refractivity contribution in [1.29, 1.82) is 0 Å². The summed E-state index contributed by atoms with van der Waals surface area (Å²) in [5, 5.41) is 3.84. The van der Waals surface area contributed by atoms with Crippen molar-refractivity contribution in [2.75, 3.05) is 19.7 Å². The molecular formula is C18H23N3O3. The minimum absolute atomic E-state index is 0.0677. The number of nitrogens with one attached hydrogen (secondary N) is 2. The summed E-state index contributed by atoms with van der Waals surface area (Å²) in [6, 6.07) is 7.78. The van der Waals surface area contributed by atoms with Crippen LogP contribution in [0, 0.1) is 0 Å². The van der Waals surface area contributed by atoms with Gasteiger partial charge in [-0.05, 0) is 38.1 Å². The van der Waals surface area contributed by atoms with Gasteiger partial charge in [-0.25, -0.2) is 0 Å². The lowest BCUT2D eigenvalue weighted by Crippen LogP contribution is -2.38. The van der Waals surface area contributed by atoms with Crippen LogP contribution in [-0.2, 0) is 11.3 Å². The summed E-state index contributed by atoms with van der Waals surface area (Å²) in [7, 11) is 0. The number of hydrogen-bond acceptors (Lipinski definition) is 4. The van der Waals surface area contributed by atoms with Crippen LogP contribution in [0.2, 0.25) is 0 Å². The van der Waals surface area contributed by atoms with Crippen molar-refractivity contribution in [2.45, 2.75) is 32.9 Å². The van der Waals surface area contributed by atoms with Gasteiger partial charge in [-0.3, -0.25) is 14.5 Å². The smallest absolute Gasteiger partial charge is 0.252 e. The predicted molar refractivity (Wildman–Crippen MR) is 93.2 cm³/mol. The molecule has 6 nitrogen and oxygen atoms in total.